The molecule has 30 nitrogen and oxygen atoms in total. The highest BCUT2D eigenvalue weighted by molar-refractivity contribution is 7.92. The van der Waals surface area contributed by atoms with Crippen LogP contribution in [0.3, 0.4) is 0 Å². The first kappa shape index (κ1) is 51.0. The Kier molecular flexibility index (Phi) is 19.9. The van der Waals surface area contributed by atoms with Gasteiger partial charge in [-0.3, -0.25) is 25.8 Å². The van der Waals surface area contributed by atoms with E-state index in [1.165, 1.54) is 49.8 Å². The minimum absolute atomic E-state index is 0.0108. The number of methoxy groups -OCH3 is 1. The molecule has 0 aliphatic rings. The van der Waals surface area contributed by atoms with Gasteiger partial charge in [0.1, 0.15) is 32.1 Å². The van der Waals surface area contributed by atoms with Crippen LogP contribution in [-0.4, -0.2) is 173 Å². The van der Waals surface area contributed by atoms with Gasteiger partial charge in [0.25, 0.3) is 15.9 Å². The van der Waals surface area contributed by atoms with Crippen LogP contribution in [0.1, 0.15) is 5.56 Å². The van der Waals surface area contributed by atoms with Gasteiger partial charge in [-0.1, -0.05) is 18.2 Å². The number of aryl methyl sites for hydroxylation is 1. The van der Waals surface area contributed by atoms with Crippen molar-refractivity contribution in [3.8, 4) is 46.0 Å². The summed E-state index contributed by atoms with van der Waals surface area (Å²) in [6.45, 7) is -1.92. The minimum atomic E-state index is -4.88. The second-order valence-corrected chi connectivity index (χ2v) is 14.3. The van der Waals surface area contributed by atoms with Crippen molar-refractivity contribution in [3.05, 3.63) is 66.5 Å². The number of pyridine rings is 2. The third-order valence-corrected chi connectivity index (χ3v) is 9.60. The van der Waals surface area contributed by atoms with E-state index in [1.807, 2.05) is 0 Å². The Morgan fingerprint density at radius 1 is 0.731 bits per heavy atom. The van der Waals surface area contributed by atoms with Crippen LogP contribution in [0.4, 0.5) is 15.4 Å². The molecular weight excluding hydrogens is 923 g/mol. The molecule has 1 aromatic carbocycles. The average Bonchev–Trinajstić information content (AvgIpc) is 3.86. The highest BCUT2D eigenvalue weighted by Gasteiger charge is 2.35. The summed E-state index contributed by atoms with van der Waals surface area (Å²) in [6.07, 6.45) is 0.195. The Morgan fingerprint density at radius 3 is 1.99 bits per heavy atom. The average molecular weight is 966 g/mol. The molecule has 0 saturated carbocycles. The number of sulfonamides is 1. The Labute approximate surface area is 378 Å². The summed E-state index contributed by atoms with van der Waals surface area (Å²) in [5.74, 6) is -1.46. The standard InChI is InChI=1S/C36H43N11O19S/c1-24-7-8-29(38-22-24)67(54,55)45(23-63-36(49)61-16-12-58-14-20-65-47(52)53)33-30(66-28-6-4-3-5-27(28)56-2)34(59-17-18-62-35(48)60-15-11-57-13-19-64-46(50)51)40-31(39-33)25-9-10-37-26(21-25)32-41-43-44-42-32/h3-10,21-22,50-53H,11-20,23H2,1-2H3,(H,41,42,43,44). The fourth-order valence-electron chi connectivity index (χ4n) is 5.03. The molecule has 5 rings (SSSR count). The van der Waals surface area contributed by atoms with E-state index in [0.717, 1.165) is 0 Å². The molecule has 67 heavy (non-hydrogen) atoms. The van der Waals surface area contributed by atoms with Crippen LogP contribution in [0.25, 0.3) is 22.9 Å². The summed E-state index contributed by atoms with van der Waals surface area (Å²) >= 11 is 0. The predicted molar refractivity (Wildman–Crippen MR) is 215 cm³/mol. The van der Waals surface area contributed by atoms with Crippen LogP contribution in [0.2, 0.25) is 0 Å². The Bertz CT molecular complexity index is 2420. The van der Waals surface area contributed by atoms with Crippen LogP contribution in [0.5, 0.6) is 23.1 Å². The van der Waals surface area contributed by atoms with Gasteiger partial charge in [0.2, 0.25) is 11.6 Å². The number of carbonyl (C=O) groups is 2. The molecule has 4 heterocycles. The molecule has 0 spiro atoms. The number of nitrogens with one attached hydrogen (secondary N) is 1. The maximum Gasteiger partial charge on any atom is 0.510 e. The number of aromatic amines is 1. The fraction of sp³-hybridized carbons (Fsp3) is 0.361. The molecule has 0 atom stereocenters. The number of rotatable bonds is 28. The van der Waals surface area contributed by atoms with E-state index in [9.17, 15) is 18.0 Å². The topological polar surface area (TPSA) is 366 Å². The third kappa shape index (κ3) is 16.1. The number of benzene rings is 1. The summed E-state index contributed by atoms with van der Waals surface area (Å²) in [5.41, 5.74) is 1.01. The Hall–Kier alpha value is -7.04. The van der Waals surface area contributed by atoms with Gasteiger partial charge in [0, 0.05) is 18.0 Å². The van der Waals surface area contributed by atoms with Crippen molar-refractivity contribution in [1.29, 1.82) is 0 Å². The normalized spacial score (nSPS) is 11.3. The van der Waals surface area contributed by atoms with Crippen molar-refractivity contribution in [2.75, 3.05) is 84.2 Å². The van der Waals surface area contributed by atoms with Gasteiger partial charge in [0.05, 0.1) is 57.5 Å². The monoisotopic (exact) mass is 965 g/mol. The summed E-state index contributed by atoms with van der Waals surface area (Å²) < 4.78 is 78.6. The van der Waals surface area contributed by atoms with Crippen molar-refractivity contribution in [2.24, 2.45) is 0 Å². The quantitative estimate of drug-likeness (QED) is 0.0207. The number of carbonyl (C=O) groups excluding carboxylic acids is 2. The van der Waals surface area contributed by atoms with Gasteiger partial charge in [-0.05, 0) is 48.0 Å². The zero-order chi connectivity index (χ0) is 48.0. The third-order valence-electron chi connectivity index (χ3n) is 7.97. The van der Waals surface area contributed by atoms with Gasteiger partial charge in [-0.25, -0.2) is 33.5 Å². The number of nitrogens with zero attached hydrogens (tertiary/aromatic N) is 10. The summed E-state index contributed by atoms with van der Waals surface area (Å²) in [6, 6.07) is 11.9. The molecule has 31 heteroatoms. The smallest absolute Gasteiger partial charge is 0.493 e. The SMILES string of the molecule is COc1ccccc1Oc1c(OCCOC(=O)OCCOCCON(O)O)nc(-c2ccnc(-c3nn[nH]n3)c2)nc1N(COC(=O)OCCOCCON(O)O)S(=O)(=O)c1ccc(C)cn1. The number of aromatic nitrogens is 8. The van der Waals surface area contributed by atoms with Crippen molar-refractivity contribution in [2.45, 2.75) is 11.9 Å². The Morgan fingerprint density at radius 2 is 1.37 bits per heavy atom. The van der Waals surface area contributed by atoms with Crippen molar-refractivity contribution >= 4 is 28.2 Å². The predicted octanol–water partition coefficient (Wildman–Crippen LogP) is 2.12. The van der Waals surface area contributed by atoms with E-state index in [1.54, 1.807) is 25.1 Å². The molecule has 0 aliphatic carbocycles. The lowest BCUT2D eigenvalue weighted by molar-refractivity contribution is -0.493. The number of tetrazole rings is 1. The van der Waals surface area contributed by atoms with Crippen molar-refractivity contribution in [1.82, 2.24) is 51.3 Å². The van der Waals surface area contributed by atoms with Crippen molar-refractivity contribution < 1.29 is 91.1 Å². The van der Waals surface area contributed by atoms with E-state index >= 15 is 0 Å². The molecule has 0 radical (unpaired) electrons. The van der Waals surface area contributed by atoms with Crippen LogP contribution in [0.15, 0.2) is 66.0 Å². The lowest BCUT2D eigenvalue weighted by Crippen LogP contribution is -2.36. The highest BCUT2D eigenvalue weighted by Crippen LogP contribution is 2.44. The van der Waals surface area contributed by atoms with Crippen LogP contribution >= 0.6 is 0 Å². The first-order valence-electron chi connectivity index (χ1n) is 19.2. The van der Waals surface area contributed by atoms with E-state index in [4.69, 9.17) is 63.5 Å². The van der Waals surface area contributed by atoms with Crippen LogP contribution in [0, 0.1) is 6.92 Å². The summed E-state index contributed by atoms with van der Waals surface area (Å²) in [4.78, 5) is 51.6. The summed E-state index contributed by atoms with van der Waals surface area (Å²) in [5, 5.41) is 46.7. The lowest BCUT2D eigenvalue weighted by Gasteiger charge is -2.26. The fourth-order valence-corrected chi connectivity index (χ4v) is 6.22. The minimum Gasteiger partial charge on any atom is -0.493 e. The van der Waals surface area contributed by atoms with Gasteiger partial charge in [0.15, 0.2) is 34.9 Å². The van der Waals surface area contributed by atoms with Gasteiger partial charge >= 0.3 is 12.3 Å². The molecule has 0 fully saturated rings. The molecule has 0 amide bonds. The molecular formula is C36H43N11O19S. The van der Waals surface area contributed by atoms with Gasteiger partial charge < -0.3 is 42.6 Å². The molecule has 5 aromatic rings. The molecule has 0 aliphatic heterocycles. The van der Waals surface area contributed by atoms with Crippen LogP contribution < -0.4 is 18.5 Å². The van der Waals surface area contributed by atoms with Crippen molar-refractivity contribution in [3.63, 3.8) is 0 Å². The number of anilines is 1. The number of hydrogen-bond acceptors (Lipinski definition) is 28. The van der Waals surface area contributed by atoms with E-state index in [0.29, 0.717) is 9.87 Å². The highest BCUT2D eigenvalue weighted by atomic mass is 32.2. The zero-order valence-corrected chi connectivity index (χ0v) is 36.2. The van der Waals surface area contributed by atoms with E-state index < -0.39 is 75.5 Å². The molecule has 4 aromatic heterocycles. The van der Waals surface area contributed by atoms with Gasteiger partial charge in [-0.2, -0.15) is 18.6 Å². The molecule has 362 valence electrons. The maximum absolute atomic E-state index is 14.7. The van der Waals surface area contributed by atoms with E-state index in [2.05, 4.69) is 50.2 Å². The molecule has 0 bridgehead atoms. The number of para-hydroxylation sites is 2. The lowest BCUT2D eigenvalue weighted by atomic mass is 10.2. The maximum atomic E-state index is 14.7. The number of hydrogen-bond donors (Lipinski definition) is 5. The Balaban J connectivity index is 1.52. The molecule has 0 unspecified atom stereocenters. The van der Waals surface area contributed by atoms with Crippen LogP contribution in [-0.2, 0) is 48.1 Å². The second-order valence-electron chi connectivity index (χ2n) is 12.5. The van der Waals surface area contributed by atoms with E-state index in [-0.39, 0.29) is 87.3 Å². The zero-order valence-electron chi connectivity index (χ0n) is 35.3. The first-order chi connectivity index (χ1) is 32.3. The first-order valence-corrected chi connectivity index (χ1v) is 20.7. The second kappa shape index (κ2) is 26.2. The van der Waals surface area contributed by atoms with Gasteiger partial charge in [-0.15, -0.1) is 10.2 Å². The largest absolute Gasteiger partial charge is 0.510 e. The summed E-state index contributed by atoms with van der Waals surface area (Å²) in [7, 11) is -3.52. The molecule has 5 N–H and O–H groups in total. The number of H-pyrrole nitrogens is 1. The molecule has 0 saturated heterocycles. The number of ether oxygens (including phenoxy) is 9.